The van der Waals surface area contributed by atoms with Gasteiger partial charge in [0.15, 0.2) is 18.2 Å². The molecule has 0 atom stereocenters. The van der Waals surface area contributed by atoms with Gasteiger partial charge in [0.2, 0.25) is 0 Å². The maximum atomic E-state index is 14.2. The van der Waals surface area contributed by atoms with Crippen LogP contribution in [0.15, 0.2) is 95.3 Å². The molecule has 1 amide bonds. The molecule has 0 unspecified atom stereocenters. The van der Waals surface area contributed by atoms with Crippen molar-refractivity contribution in [3.8, 4) is 5.75 Å². The van der Waals surface area contributed by atoms with E-state index in [-0.39, 0.29) is 34.9 Å². The maximum absolute atomic E-state index is 14.2. The molecule has 1 aliphatic heterocycles. The Hall–Kier alpha value is -4.45. The van der Waals surface area contributed by atoms with Gasteiger partial charge in [-0.2, -0.15) is 0 Å². The summed E-state index contributed by atoms with van der Waals surface area (Å²) in [6.07, 6.45) is 3.22. The number of benzene rings is 3. The van der Waals surface area contributed by atoms with Crippen molar-refractivity contribution in [3.63, 3.8) is 0 Å². The lowest BCUT2D eigenvalue weighted by molar-refractivity contribution is -0.120. The molecule has 1 heterocycles. The number of anilines is 1. The smallest absolute Gasteiger partial charge is 0.262 e. The lowest BCUT2D eigenvalue weighted by Gasteiger charge is -2.49. The summed E-state index contributed by atoms with van der Waals surface area (Å²) < 4.78 is 6.01. The number of amides is 1. The number of Topliss-reactive ketones (excluding diaryl/α,β-unsaturated/α-hetero) is 2. The number of carbonyl (C=O) groups excluding carboxylic acids is 3. The zero-order valence-corrected chi connectivity index (χ0v) is 28.5. The molecular formula is C41H46N2O4. The van der Waals surface area contributed by atoms with Crippen LogP contribution in [0.4, 0.5) is 5.69 Å². The van der Waals surface area contributed by atoms with Crippen LogP contribution < -0.4 is 10.1 Å². The molecule has 2 aliphatic carbocycles. The van der Waals surface area contributed by atoms with E-state index in [2.05, 4.69) is 62.2 Å². The van der Waals surface area contributed by atoms with Crippen molar-refractivity contribution in [2.45, 2.75) is 79.6 Å². The third kappa shape index (κ3) is 6.97. The molecule has 244 valence electrons. The summed E-state index contributed by atoms with van der Waals surface area (Å²) in [6.45, 7) is 13.2. The predicted molar refractivity (Wildman–Crippen MR) is 186 cm³/mol. The third-order valence-electron chi connectivity index (χ3n) is 9.71. The normalized spacial score (nSPS) is 19.0. The molecule has 0 spiro atoms. The monoisotopic (exact) mass is 630 g/mol. The zero-order chi connectivity index (χ0) is 33.5. The second kappa shape index (κ2) is 12.6. The van der Waals surface area contributed by atoms with E-state index in [1.54, 1.807) is 0 Å². The summed E-state index contributed by atoms with van der Waals surface area (Å²) in [5, 5.41) is 2.94. The van der Waals surface area contributed by atoms with Crippen LogP contribution in [0.3, 0.4) is 0 Å². The largest absolute Gasteiger partial charge is 0.484 e. The second-order valence-corrected chi connectivity index (χ2v) is 15.2. The van der Waals surface area contributed by atoms with Gasteiger partial charge in [0.05, 0.1) is 0 Å². The molecule has 1 N–H and O–H groups in total. The van der Waals surface area contributed by atoms with Crippen LogP contribution in [0, 0.1) is 24.7 Å². The van der Waals surface area contributed by atoms with Crippen LogP contribution in [-0.2, 0) is 20.8 Å². The second-order valence-electron chi connectivity index (χ2n) is 15.2. The number of aryl methyl sites for hydroxylation is 2. The first-order chi connectivity index (χ1) is 22.3. The zero-order valence-electron chi connectivity index (χ0n) is 28.5. The first-order valence-electron chi connectivity index (χ1n) is 16.7. The number of rotatable bonds is 8. The van der Waals surface area contributed by atoms with Crippen molar-refractivity contribution in [2.75, 3.05) is 18.5 Å². The van der Waals surface area contributed by atoms with Crippen LogP contribution in [0.2, 0.25) is 0 Å². The number of nitrogens with one attached hydrogen (secondary N) is 1. The Bertz CT molecular complexity index is 1740. The Labute approximate surface area is 278 Å². The quantitative estimate of drug-likeness (QED) is 0.271. The average Bonchev–Trinajstić information content (AvgIpc) is 2.99. The van der Waals surface area contributed by atoms with Crippen LogP contribution in [-0.4, -0.2) is 35.5 Å². The van der Waals surface area contributed by atoms with Gasteiger partial charge >= 0.3 is 0 Å². The number of hydrogen-bond acceptors (Lipinski definition) is 5. The highest BCUT2D eigenvalue weighted by Gasteiger charge is 2.48. The van der Waals surface area contributed by atoms with Gasteiger partial charge in [0, 0.05) is 53.5 Å². The third-order valence-corrected chi connectivity index (χ3v) is 9.71. The predicted octanol–water partition coefficient (Wildman–Crippen LogP) is 8.25. The fraction of sp³-hybridized carbons (Fsp3) is 0.390. The van der Waals surface area contributed by atoms with Gasteiger partial charge in [-0.3, -0.25) is 14.4 Å². The Kier molecular flexibility index (Phi) is 8.73. The Morgan fingerprint density at radius 1 is 0.809 bits per heavy atom. The van der Waals surface area contributed by atoms with E-state index in [9.17, 15) is 14.4 Å². The molecule has 0 saturated carbocycles. The molecule has 6 nitrogen and oxygen atoms in total. The summed E-state index contributed by atoms with van der Waals surface area (Å²) in [5.74, 6) is 0.0242. The summed E-state index contributed by atoms with van der Waals surface area (Å²) in [5.41, 5.74) is 8.17. The number of allylic oxidation sites excluding steroid dienone is 4. The van der Waals surface area contributed by atoms with E-state index < -0.39 is 5.92 Å². The molecule has 0 bridgehead atoms. The molecule has 0 fully saturated rings. The van der Waals surface area contributed by atoms with Gasteiger partial charge in [-0.15, -0.1) is 0 Å². The van der Waals surface area contributed by atoms with Gasteiger partial charge in [-0.25, -0.2) is 0 Å². The number of ether oxygens (including phenoxy) is 1. The highest BCUT2D eigenvalue weighted by Crippen LogP contribution is 2.54. The van der Waals surface area contributed by atoms with E-state index in [1.807, 2.05) is 62.4 Å². The Morgan fingerprint density at radius 2 is 1.45 bits per heavy atom. The van der Waals surface area contributed by atoms with E-state index in [4.69, 9.17) is 4.74 Å². The first-order valence-corrected chi connectivity index (χ1v) is 16.7. The minimum Gasteiger partial charge on any atom is -0.484 e. The summed E-state index contributed by atoms with van der Waals surface area (Å²) >= 11 is 0. The molecular weight excluding hydrogens is 584 g/mol. The number of carbonyl (C=O) groups is 3. The highest BCUT2D eigenvalue weighted by atomic mass is 16.5. The van der Waals surface area contributed by atoms with E-state index in [0.29, 0.717) is 25.1 Å². The van der Waals surface area contributed by atoms with Crippen LogP contribution in [0.25, 0.3) is 0 Å². The standard InChI is InChI=1S/C41H46N2O4/c1-26-15-16-31(27(2)19-26)42-36(46)25-47-30-14-10-13-29(20-30)37-38-32(21-40(3,4)23-34(38)44)43(18-17-28-11-8-7-9-12-28)33-22-41(5,6)24-35(45)39(33)37/h7-16,19-20,37H,17-18,21-25H2,1-6H3,(H,42,46). The van der Waals surface area contributed by atoms with E-state index in [1.165, 1.54) is 5.56 Å². The average molecular weight is 631 g/mol. The molecule has 47 heavy (non-hydrogen) atoms. The molecule has 6 heteroatoms. The van der Waals surface area contributed by atoms with Crippen LogP contribution in [0.1, 0.15) is 81.5 Å². The Morgan fingerprint density at radius 3 is 2.06 bits per heavy atom. The van der Waals surface area contributed by atoms with Crippen LogP contribution >= 0.6 is 0 Å². The van der Waals surface area contributed by atoms with Crippen molar-refractivity contribution >= 4 is 23.2 Å². The lowest BCUT2D eigenvalue weighted by atomic mass is 9.63. The topological polar surface area (TPSA) is 75.7 Å². The van der Waals surface area contributed by atoms with E-state index in [0.717, 1.165) is 64.2 Å². The summed E-state index contributed by atoms with van der Waals surface area (Å²) in [4.78, 5) is 43.5. The molecule has 3 aromatic carbocycles. The van der Waals surface area contributed by atoms with Crippen molar-refractivity contribution in [1.82, 2.24) is 4.90 Å². The number of nitrogens with zero attached hydrogens (tertiary/aromatic N) is 1. The molecule has 3 aromatic rings. The van der Waals surface area contributed by atoms with Gasteiger partial charge < -0.3 is 15.0 Å². The number of hydrogen-bond donors (Lipinski definition) is 1. The molecule has 6 rings (SSSR count). The summed E-state index contributed by atoms with van der Waals surface area (Å²) in [7, 11) is 0. The molecule has 0 radical (unpaired) electrons. The van der Waals surface area contributed by atoms with Gasteiger partial charge in [0.1, 0.15) is 5.75 Å². The summed E-state index contributed by atoms with van der Waals surface area (Å²) in [6, 6.07) is 23.9. The fourth-order valence-corrected chi connectivity index (χ4v) is 7.61. The van der Waals surface area contributed by atoms with Crippen molar-refractivity contribution in [1.29, 1.82) is 0 Å². The minimum absolute atomic E-state index is 0.106. The van der Waals surface area contributed by atoms with Crippen molar-refractivity contribution < 1.29 is 19.1 Å². The first kappa shape index (κ1) is 32.5. The fourth-order valence-electron chi connectivity index (χ4n) is 7.61. The molecule has 3 aliphatic rings. The van der Waals surface area contributed by atoms with Crippen molar-refractivity contribution in [2.24, 2.45) is 10.8 Å². The Balaban J connectivity index is 1.36. The number of ketones is 2. The van der Waals surface area contributed by atoms with Crippen LogP contribution in [0.5, 0.6) is 5.75 Å². The molecule has 0 aromatic heterocycles. The lowest BCUT2D eigenvalue weighted by Crippen LogP contribution is -2.45. The van der Waals surface area contributed by atoms with Gasteiger partial charge in [-0.05, 0) is 78.8 Å². The SMILES string of the molecule is Cc1ccc(NC(=O)COc2cccc(C3C4=C(CC(C)(C)CC4=O)N(CCc4ccccc4)C4=C3C(=O)CC(C)(C)C4)c2)c(C)c1. The highest BCUT2D eigenvalue weighted by molar-refractivity contribution is 6.06. The van der Waals surface area contributed by atoms with Gasteiger partial charge in [-0.1, -0.05) is 87.9 Å². The van der Waals surface area contributed by atoms with E-state index >= 15 is 0 Å². The van der Waals surface area contributed by atoms with Crippen molar-refractivity contribution in [3.05, 3.63) is 118 Å². The van der Waals surface area contributed by atoms with Gasteiger partial charge in [0.25, 0.3) is 5.91 Å². The maximum Gasteiger partial charge on any atom is 0.262 e. The molecule has 0 saturated heterocycles. The minimum atomic E-state index is -0.465.